The van der Waals surface area contributed by atoms with Gasteiger partial charge in [-0.25, -0.2) is 18.2 Å². The zero-order valence-corrected chi connectivity index (χ0v) is 27.5. The van der Waals surface area contributed by atoms with Gasteiger partial charge in [0.15, 0.2) is 5.60 Å². The minimum Gasteiger partial charge on any atom is -0.379 e. The molecule has 0 aliphatic carbocycles. The number of benzene rings is 4. The van der Waals surface area contributed by atoms with Gasteiger partial charge >= 0.3 is 0 Å². The summed E-state index contributed by atoms with van der Waals surface area (Å²) in [6.07, 6.45) is 1.75. The quantitative estimate of drug-likeness (QED) is 0.105. The Morgan fingerprint density at radius 2 is 1.27 bits per heavy atom. The van der Waals surface area contributed by atoms with E-state index in [0.717, 1.165) is 22.9 Å². The first-order valence-corrected chi connectivity index (χ1v) is 16.2. The minimum atomic E-state index is -3.15. The maximum Gasteiger partial charge on any atom is 0.271 e. The predicted molar refractivity (Wildman–Crippen MR) is 188 cm³/mol. The Bertz CT molecular complexity index is 1900. The molecule has 0 aliphatic heterocycles. The van der Waals surface area contributed by atoms with E-state index in [4.69, 9.17) is 4.98 Å². The molecule has 0 saturated heterocycles. The lowest BCUT2D eigenvalue weighted by atomic mass is 9.76. The standard InChI is InChI=1S/C42H38F3N3O/c1-4-40(2,3)26-36-29-48(42(32-14-8-5-9-15-32,33-16-10-6-11-17-33)34-18-12-7-13-19-34)38(47-36)27-41(49,39(44)45)31-22-20-30(21-23-31)37-25-24-35(43)28-46-37/h4-25,28-29,39,49H,1,26-27H2,2-3H3. The predicted octanol–water partition coefficient (Wildman–Crippen LogP) is 9.37. The number of imidazole rings is 1. The van der Waals surface area contributed by atoms with Gasteiger partial charge < -0.3 is 9.67 Å². The second-order valence-electron chi connectivity index (χ2n) is 13.0. The van der Waals surface area contributed by atoms with E-state index in [9.17, 15) is 9.50 Å². The van der Waals surface area contributed by atoms with Gasteiger partial charge in [0.2, 0.25) is 0 Å². The van der Waals surface area contributed by atoms with Crippen LogP contribution in [0.4, 0.5) is 13.2 Å². The molecule has 248 valence electrons. The van der Waals surface area contributed by atoms with E-state index in [1.54, 1.807) is 12.1 Å². The Balaban J connectivity index is 1.58. The lowest BCUT2D eigenvalue weighted by Crippen LogP contribution is -2.42. The van der Waals surface area contributed by atoms with Gasteiger partial charge in [0.1, 0.15) is 17.2 Å². The maximum atomic E-state index is 15.3. The molecule has 6 rings (SSSR count). The molecule has 0 amide bonds. The fourth-order valence-electron chi connectivity index (χ4n) is 6.49. The van der Waals surface area contributed by atoms with Crippen LogP contribution >= 0.6 is 0 Å². The van der Waals surface area contributed by atoms with Crippen molar-refractivity contribution in [2.24, 2.45) is 5.41 Å². The third kappa shape index (κ3) is 6.59. The van der Waals surface area contributed by atoms with Crippen LogP contribution in [0, 0.1) is 11.2 Å². The first-order chi connectivity index (χ1) is 23.6. The Morgan fingerprint density at radius 1 is 0.735 bits per heavy atom. The summed E-state index contributed by atoms with van der Waals surface area (Å²) in [7, 11) is 0. The van der Waals surface area contributed by atoms with Crippen LogP contribution in [0.25, 0.3) is 11.3 Å². The minimum absolute atomic E-state index is 0.0283. The smallest absolute Gasteiger partial charge is 0.271 e. The van der Waals surface area contributed by atoms with E-state index in [2.05, 4.69) is 11.6 Å². The van der Waals surface area contributed by atoms with Crippen molar-refractivity contribution in [3.8, 4) is 11.3 Å². The number of aliphatic hydroxyl groups is 1. The molecule has 0 saturated carbocycles. The van der Waals surface area contributed by atoms with Crippen LogP contribution in [0.3, 0.4) is 0 Å². The third-order valence-electron chi connectivity index (χ3n) is 9.15. The number of halogens is 3. The van der Waals surface area contributed by atoms with Crippen molar-refractivity contribution in [2.45, 2.75) is 44.3 Å². The molecule has 0 fully saturated rings. The number of alkyl halides is 2. The van der Waals surface area contributed by atoms with Gasteiger partial charge in [0.05, 0.1) is 17.6 Å². The number of hydrogen-bond donors (Lipinski definition) is 1. The fraction of sp³-hybridized carbons (Fsp3) is 0.190. The van der Waals surface area contributed by atoms with Crippen molar-refractivity contribution < 1.29 is 18.3 Å². The summed E-state index contributed by atoms with van der Waals surface area (Å²) in [6, 6.07) is 38.7. The van der Waals surface area contributed by atoms with Gasteiger partial charge in [-0.2, -0.15) is 0 Å². The third-order valence-corrected chi connectivity index (χ3v) is 9.15. The van der Waals surface area contributed by atoms with Crippen LogP contribution in [-0.2, 0) is 24.0 Å². The highest BCUT2D eigenvalue weighted by Gasteiger charge is 2.45. The normalized spacial score (nSPS) is 13.3. The van der Waals surface area contributed by atoms with E-state index < -0.39 is 29.8 Å². The number of hydrogen-bond acceptors (Lipinski definition) is 3. The molecule has 1 unspecified atom stereocenters. The summed E-state index contributed by atoms with van der Waals surface area (Å²) in [6.45, 7) is 8.10. The number of rotatable bonds is 12. The van der Waals surface area contributed by atoms with Gasteiger partial charge in [0.25, 0.3) is 6.43 Å². The zero-order chi connectivity index (χ0) is 34.6. The van der Waals surface area contributed by atoms with Gasteiger partial charge in [-0.15, -0.1) is 6.58 Å². The van der Waals surface area contributed by atoms with Crippen LogP contribution < -0.4 is 0 Å². The Morgan fingerprint density at radius 3 is 1.71 bits per heavy atom. The van der Waals surface area contributed by atoms with Gasteiger partial charge in [-0.3, -0.25) is 4.98 Å². The average Bonchev–Trinajstić information content (AvgIpc) is 3.51. The average molecular weight is 658 g/mol. The van der Waals surface area contributed by atoms with E-state index in [1.807, 2.05) is 122 Å². The number of nitrogens with zero attached hydrogens (tertiary/aromatic N) is 3. The molecular weight excluding hydrogens is 619 g/mol. The number of pyridine rings is 1. The molecule has 7 heteroatoms. The summed E-state index contributed by atoms with van der Waals surface area (Å²) < 4.78 is 46.0. The monoisotopic (exact) mass is 657 g/mol. The SMILES string of the molecule is C=CC(C)(C)Cc1cn(C(c2ccccc2)(c2ccccc2)c2ccccc2)c(CC(O)(c2ccc(-c3ccc(F)cn3)cc2)C(F)F)n1. The maximum absolute atomic E-state index is 15.3. The van der Waals surface area contributed by atoms with Crippen LogP contribution in [0.15, 0.2) is 152 Å². The van der Waals surface area contributed by atoms with E-state index in [0.29, 0.717) is 29.2 Å². The number of aromatic nitrogens is 3. The molecule has 0 radical (unpaired) electrons. The highest BCUT2D eigenvalue weighted by molar-refractivity contribution is 5.59. The summed E-state index contributed by atoms with van der Waals surface area (Å²) >= 11 is 0. The highest BCUT2D eigenvalue weighted by Crippen LogP contribution is 2.44. The van der Waals surface area contributed by atoms with Crippen molar-refractivity contribution in [3.05, 3.63) is 192 Å². The first kappa shape index (κ1) is 33.6. The first-order valence-electron chi connectivity index (χ1n) is 16.2. The van der Waals surface area contributed by atoms with Crippen LogP contribution in [0.1, 0.15) is 47.6 Å². The second kappa shape index (κ2) is 13.7. The van der Waals surface area contributed by atoms with Crippen molar-refractivity contribution in [1.82, 2.24) is 14.5 Å². The van der Waals surface area contributed by atoms with Crippen molar-refractivity contribution in [2.75, 3.05) is 0 Å². The molecule has 4 aromatic carbocycles. The lowest BCUT2D eigenvalue weighted by molar-refractivity contribution is -0.103. The summed E-state index contributed by atoms with van der Waals surface area (Å²) in [5.74, 6) is -0.185. The Labute approximate surface area is 285 Å². The van der Waals surface area contributed by atoms with Gasteiger partial charge in [-0.1, -0.05) is 135 Å². The summed E-state index contributed by atoms with van der Waals surface area (Å²) in [5.41, 5.74) is 0.523. The topological polar surface area (TPSA) is 50.9 Å². The van der Waals surface area contributed by atoms with Crippen LogP contribution in [0.2, 0.25) is 0 Å². The zero-order valence-electron chi connectivity index (χ0n) is 27.5. The fourth-order valence-corrected chi connectivity index (χ4v) is 6.49. The van der Waals surface area contributed by atoms with Crippen molar-refractivity contribution in [1.29, 1.82) is 0 Å². The largest absolute Gasteiger partial charge is 0.379 e. The molecule has 2 heterocycles. The molecule has 1 atom stereocenters. The van der Waals surface area contributed by atoms with Crippen LogP contribution in [-0.4, -0.2) is 26.1 Å². The summed E-state index contributed by atoms with van der Waals surface area (Å²) in [5, 5.41) is 12.0. The van der Waals surface area contributed by atoms with Crippen molar-refractivity contribution >= 4 is 0 Å². The lowest BCUT2D eigenvalue weighted by Gasteiger charge is -2.39. The molecule has 0 spiro atoms. The summed E-state index contributed by atoms with van der Waals surface area (Å²) in [4.78, 5) is 9.13. The van der Waals surface area contributed by atoms with Crippen LogP contribution in [0.5, 0.6) is 0 Å². The van der Waals surface area contributed by atoms with Gasteiger partial charge in [-0.05, 0) is 46.2 Å². The molecule has 1 N–H and O–H groups in total. The van der Waals surface area contributed by atoms with E-state index in [1.165, 1.54) is 24.3 Å². The molecular formula is C42H38F3N3O. The van der Waals surface area contributed by atoms with E-state index in [-0.39, 0.29) is 11.0 Å². The second-order valence-corrected chi connectivity index (χ2v) is 13.0. The molecule has 0 aliphatic rings. The molecule has 4 nitrogen and oxygen atoms in total. The molecule has 2 aromatic heterocycles. The highest BCUT2D eigenvalue weighted by atomic mass is 19.3. The molecule has 6 aromatic rings. The van der Waals surface area contributed by atoms with Crippen molar-refractivity contribution in [3.63, 3.8) is 0 Å². The molecule has 49 heavy (non-hydrogen) atoms. The Kier molecular flexibility index (Phi) is 9.39. The molecule has 0 bridgehead atoms. The Hall–Kier alpha value is -5.27. The van der Waals surface area contributed by atoms with E-state index >= 15 is 8.78 Å². The van der Waals surface area contributed by atoms with Gasteiger partial charge in [0, 0.05) is 18.2 Å². The number of allylic oxidation sites excluding steroid dienone is 1.